The molecule has 0 aliphatic rings. The van der Waals surface area contributed by atoms with Gasteiger partial charge in [0.05, 0.1) is 6.42 Å². The van der Waals surface area contributed by atoms with E-state index >= 15 is 0 Å². The molecule has 0 saturated heterocycles. The average Bonchev–Trinajstić information content (AvgIpc) is 2.37. The molecule has 94 valence electrons. The molecule has 1 N–H and O–H groups in total. The molecule has 0 aliphatic heterocycles. The van der Waals surface area contributed by atoms with Crippen molar-refractivity contribution in [2.24, 2.45) is 0 Å². The first-order chi connectivity index (χ1) is 8.63. The predicted octanol–water partition coefficient (Wildman–Crippen LogP) is 2.87. The minimum atomic E-state index is -0.958. The quantitative estimate of drug-likeness (QED) is 0.517. The lowest BCUT2D eigenvalue weighted by Gasteiger charge is -1.99. The number of carboxylic acid groups (broad SMARTS) is 1. The van der Waals surface area contributed by atoms with E-state index in [2.05, 4.69) is 27.8 Å². The molecule has 1 rings (SSSR count). The van der Waals surface area contributed by atoms with E-state index in [1.807, 2.05) is 0 Å². The lowest BCUT2D eigenvalue weighted by Crippen LogP contribution is -2.03. The lowest BCUT2D eigenvalue weighted by atomic mass is 10.0. The number of Topliss-reactive ketones (excluding diaryl/α,β-unsaturated/α-hetero) is 1. The summed E-state index contributed by atoms with van der Waals surface area (Å²) in [7, 11) is 0. The molecule has 0 unspecified atom stereocenters. The zero-order valence-corrected chi connectivity index (χ0v) is 11.4. The first kappa shape index (κ1) is 14.5. The first-order valence-electron chi connectivity index (χ1n) is 5.53. The van der Waals surface area contributed by atoms with Gasteiger partial charge in [-0.05, 0) is 12.1 Å². The molecule has 0 saturated carbocycles. The number of hydrogen-bond acceptors (Lipinski definition) is 2. The van der Waals surface area contributed by atoms with Gasteiger partial charge in [-0.1, -0.05) is 39.9 Å². The second kappa shape index (κ2) is 7.67. The van der Waals surface area contributed by atoms with Gasteiger partial charge < -0.3 is 5.11 Å². The van der Waals surface area contributed by atoms with E-state index in [-0.39, 0.29) is 18.6 Å². The van der Waals surface area contributed by atoms with E-state index in [1.165, 1.54) is 0 Å². The van der Waals surface area contributed by atoms with Gasteiger partial charge in [-0.2, -0.15) is 0 Å². The van der Waals surface area contributed by atoms with Crippen molar-refractivity contribution in [2.45, 2.75) is 19.3 Å². The van der Waals surface area contributed by atoms with E-state index in [0.29, 0.717) is 5.56 Å². The van der Waals surface area contributed by atoms with Crippen LogP contribution in [0.3, 0.4) is 0 Å². The second-order valence-corrected chi connectivity index (χ2v) is 4.43. The number of aliphatic carboxylic acids is 1. The van der Waals surface area contributed by atoms with Crippen molar-refractivity contribution in [1.82, 2.24) is 0 Å². The number of carboxylic acids is 1. The standard InChI is InChI=1S/C14H13BrO3/c15-10-2-1-3-11-4-6-12(7-5-11)13(16)8-9-14(17)18/h4-7H,2,8-10H2,(H,17,18). The van der Waals surface area contributed by atoms with E-state index in [1.54, 1.807) is 24.3 Å². The number of alkyl halides is 1. The van der Waals surface area contributed by atoms with Gasteiger partial charge in [0, 0.05) is 29.3 Å². The van der Waals surface area contributed by atoms with Crippen molar-refractivity contribution in [3.8, 4) is 11.8 Å². The number of halogens is 1. The fourth-order valence-corrected chi connectivity index (χ4v) is 1.51. The molecule has 0 aliphatic carbocycles. The average molecular weight is 309 g/mol. The third-order valence-corrected chi connectivity index (χ3v) is 2.62. The topological polar surface area (TPSA) is 54.4 Å². The largest absolute Gasteiger partial charge is 0.481 e. The molecule has 0 fully saturated rings. The molecule has 0 spiro atoms. The van der Waals surface area contributed by atoms with Crippen LogP contribution in [-0.4, -0.2) is 22.2 Å². The number of benzene rings is 1. The Morgan fingerprint density at radius 2 is 1.83 bits per heavy atom. The number of carbonyl (C=O) groups excluding carboxylic acids is 1. The second-order valence-electron chi connectivity index (χ2n) is 3.64. The van der Waals surface area contributed by atoms with Crippen LogP contribution in [0, 0.1) is 11.8 Å². The van der Waals surface area contributed by atoms with Crippen molar-refractivity contribution >= 4 is 27.7 Å². The normalized spacial score (nSPS) is 9.39. The van der Waals surface area contributed by atoms with Crippen LogP contribution in [0.25, 0.3) is 0 Å². The Kier molecular flexibility index (Phi) is 6.16. The Hall–Kier alpha value is -1.60. The molecule has 1 aromatic carbocycles. The van der Waals surface area contributed by atoms with Gasteiger partial charge in [0.25, 0.3) is 0 Å². The number of ketones is 1. The van der Waals surface area contributed by atoms with Crippen molar-refractivity contribution in [1.29, 1.82) is 0 Å². The Bertz CT molecular complexity index is 480. The highest BCUT2D eigenvalue weighted by Crippen LogP contribution is 2.07. The number of hydrogen-bond donors (Lipinski definition) is 1. The molecular formula is C14H13BrO3. The van der Waals surface area contributed by atoms with E-state index < -0.39 is 5.97 Å². The summed E-state index contributed by atoms with van der Waals surface area (Å²) in [6.07, 6.45) is 0.675. The molecule has 0 heterocycles. The van der Waals surface area contributed by atoms with Gasteiger partial charge in [0.2, 0.25) is 0 Å². The van der Waals surface area contributed by atoms with Gasteiger partial charge in [-0.3, -0.25) is 9.59 Å². The molecule has 1 aromatic rings. The molecule has 0 bridgehead atoms. The monoisotopic (exact) mass is 308 g/mol. The maximum absolute atomic E-state index is 11.6. The summed E-state index contributed by atoms with van der Waals surface area (Å²) in [5.41, 5.74) is 1.38. The van der Waals surface area contributed by atoms with Crippen LogP contribution in [0.4, 0.5) is 0 Å². The minimum absolute atomic E-state index is 0.0317. The molecule has 0 atom stereocenters. The Balaban J connectivity index is 2.63. The SMILES string of the molecule is O=C(O)CCC(=O)c1ccc(C#CCCBr)cc1. The highest BCUT2D eigenvalue weighted by Gasteiger charge is 2.07. The predicted molar refractivity (Wildman–Crippen MR) is 72.9 cm³/mol. The maximum atomic E-state index is 11.6. The highest BCUT2D eigenvalue weighted by atomic mass is 79.9. The molecule has 18 heavy (non-hydrogen) atoms. The smallest absolute Gasteiger partial charge is 0.303 e. The third kappa shape index (κ3) is 5.15. The summed E-state index contributed by atoms with van der Waals surface area (Å²) in [6.45, 7) is 0. The van der Waals surface area contributed by atoms with Crippen LogP contribution in [0.2, 0.25) is 0 Å². The Morgan fingerprint density at radius 1 is 1.17 bits per heavy atom. The van der Waals surface area contributed by atoms with Crippen LogP contribution in [0.1, 0.15) is 35.2 Å². The van der Waals surface area contributed by atoms with E-state index in [4.69, 9.17) is 5.11 Å². The number of rotatable bonds is 5. The van der Waals surface area contributed by atoms with Crippen molar-refractivity contribution < 1.29 is 14.7 Å². The fourth-order valence-electron chi connectivity index (χ4n) is 1.32. The van der Waals surface area contributed by atoms with Crippen LogP contribution >= 0.6 is 15.9 Å². The van der Waals surface area contributed by atoms with Gasteiger partial charge in [-0.15, -0.1) is 0 Å². The first-order valence-corrected chi connectivity index (χ1v) is 6.65. The third-order valence-electron chi connectivity index (χ3n) is 2.23. The molecule has 0 aromatic heterocycles. The fraction of sp³-hybridized carbons (Fsp3) is 0.286. The van der Waals surface area contributed by atoms with Crippen LogP contribution < -0.4 is 0 Å². The van der Waals surface area contributed by atoms with E-state index in [0.717, 1.165) is 17.3 Å². The summed E-state index contributed by atoms with van der Waals surface area (Å²) < 4.78 is 0. The Labute approximate surface area is 114 Å². The van der Waals surface area contributed by atoms with Crippen LogP contribution in [0.15, 0.2) is 24.3 Å². The zero-order chi connectivity index (χ0) is 13.4. The van der Waals surface area contributed by atoms with Crippen molar-refractivity contribution in [2.75, 3.05) is 5.33 Å². The summed E-state index contributed by atoms with van der Waals surface area (Å²) in [4.78, 5) is 22.0. The van der Waals surface area contributed by atoms with Gasteiger partial charge in [-0.25, -0.2) is 0 Å². The van der Waals surface area contributed by atoms with Gasteiger partial charge >= 0.3 is 5.97 Å². The summed E-state index contributed by atoms with van der Waals surface area (Å²) in [5.74, 6) is 4.84. The van der Waals surface area contributed by atoms with Gasteiger partial charge in [0.15, 0.2) is 5.78 Å². The Morgan fingerprint density at radius 3 is 2.39 bits per heavy atom. The number of carbonyl (C=O) groups is 2. The maximum Gasteiger partial charge on any atom is 0.303 e. The molecule has 0 amide bonds. The highest BCUT2D eigenvalue weighted by molar-refractivity contribution is 9.09. The lowest BCUT2D eigenvalue weighted by molar-refractivity contribution is -0.136. The van der Waals surface area contributed by atoms with Crippen molar-refractivity contribution in [3.05, 3.63) is 35.4 Å². The molecule has 0 radical (unpaired) electrons. The minimum Gasteiger partial charge on any atom is -0.481 e. The summed E-state index contributed by atoms with van der Waals surface area (Å²) >= 11 is 3.29. The molecular weight excluding hydrogens is 296 g/mol. The van der Waals surface area contributed by atoms with Gasteiger partial charge in [0.1, 0.15) is 0 Å². The van der Waals surface area contributed by atoms with Crippen molar-refractivity contribution in [3.63, 3.8) is 0 Å². The zero-order valence-electron chi connectivity index (χ0n) is 9.78. The molecule has 4 heteroatoms. The summed E-state index contributed by atoms with van der Waals surface area (Å²) in [6, 6.07) is 6.91. The van der Waals surface area contributed by atoms with Crippen LogP contribution in [0.5, 0.6) is 0 Å². The van der Waals surface area contributed by atoms with Crippen LogP contribution in [-0.2, 0) is 4.79 Å². The molecule has 3 nitrogen and oxygen atoms in total. The van der Waals surface area contributed by atoms with E-state index in [9.17, 15) is 9.59 Å². The summed E-state index contributed by atoms with van der Waals surface area (Å²) in [5, 5.41) is 9.34.